The van der Waals surface area contributed by atoms with Gasteiger partial charge in [0.25, 0.3) is 0 Å². The monoisotopic (exact) mass is 928 g/mol. The van der Waals surface area contributed by atoms with E-state index in [9.17, 15) is 15.0 Å². The number of allylic oxidation sites excluding steroid dienone is 17. The lowest BCUT2D eigenvalue weighted by Gasteiger charge is -2.19. The van der Waals surface area contributed by atoms with Gasteiger partial charge in [-0.15, -0.1) is 0 Å². The molecule has 0 aromatic rings. The molecule has 67 heavy (non-hydrogen) atoms. The van der Waals surface area contributed by atoms with Crippen LogP contribution in [0.5, 0.6) is 0 Å². The lowest BCUT2D eigenvalue weighted by Crippen LogP contribution is -2.45. The first-order chi connectivity index (χ1) is 33.2. The van der Waals surface area contributed by atoms with Crippen LogP contribution in [0.15, 0.2) is 109 Å². The maximum absolute atomic E-state index is 12.5. The minimum Gasteiger partial charge on any atom is -0.394 e. The van der Waals surface area contributed by atoms with E-state index in [-0.39, 0.29) is 12.5 Å². The molecule has 0 radical (unpaired) electrons. The summed E-state index contributed by atoms with van der Waals surface area (Å²) in [4.78, 5) is 12.5. The highest BCUT2D eigenvalue weighted by Gasteiger charge is 2.17. The number of hydrogen-bond donors (Lipinski definition) is 3. The largest absolute Gasteiger partial charge is 0.394 e. The summed E-state index contributed by atoms with van der Waals surface area (Å²) in [5.41, 5.74) is 0. The van der Waals surface area contributed by atoms with Gasteiger partial charge in [-0.25, -0.2) is 0 Å². The number of aliphatic hydroxyl groups is 2. The summed E-state index contributed by atoms with van der Waals surface area (Å²) in [7, 11) is 0. The minimum absolute atomic E-state index is 0.0952. The molecule has 0 aliphatic heterocycles. The molecule has 0 aromatic heterocycles. The number of nitrogens with one attached hydrogen (secondary N) is 1. The minimum atomic E-state index is -0.880. The highest BCUT2D eigenvalue weighted by molar-refractivity contribution is 5.76. The van der Waals surface area contributed by atoms with Crippen LogP contribution in [0, 0.1) is 0 Å². The van der Waals surface area contributed by atoms with Gasteiger partial charge in [-0.1, -0.05) is 277 Å². The molecule has 1 amide bonds. The van der Waals surface area contributed by atoms with Gasteiger partial charge in [0.15, 0.2) is 0 Å². The molecule has 0 bridgehead atoms. The smallest absolute Gasteiger partial charge is 0.220 e. The summed E-state index contributed by atoms with van der Waals surface area (Å²) in [5, 5.41) is 23.1. The molecule has 0 saturated heterocycles. The number of rotatable bonds is 51. The van der Waals surface area contributed by atoms with Crippen LogP contribution < -0.4 is 5.32 Å². The molecule has 4 nitrogen and oxygen atoms in total. The second kappa shape index (κ2) is 57.4. The van der Waals surface area contributed by atoms with Crippen LogP contribution in [0.4, 0.5) is 0 Å². The molecule has 0 spiro atoms. The van der Waals surface area contributed by atoms with Crippen molar-refractivity contribution in [2.75, 3.05) is 6.61 Å². The van der Waals surface area contributed by atoms with E-state index in [1.165, 1.54) is 154 Å². The molecular formula is C63H109NO3. The number of amides is 1. The molecule has 0 heterocycles. The predicted octanol–water partition coefficient (Wildman–Crippen LogP) is 19.1. The van der Waals surface area contributed by atoms with Crippen molar-refractivity contribution in [1.82, 2.24) is 5.32 Å². The fourth-order valence-electron chi connectivity index (χ4n) is 8.18. The van der Waals surface area contributed by atoms with E-state index in [2.05, 4.69) is 116 Å². The van der Waals surface area contributed by atoms with Crippen LogP contribution in [0.2, 0.25) is 0 Å². The zero-order chi connectivity index (χ0) is 48.5. The number of unbranched alkanes of at least 4 members (excludes halogenated alkanes) is 28. The maximum atomic E-state index is 12.5. The lowest BCUT2D eigenvalue weighted by atomic mass is 10.0. The van der Waals surface area contributed by atoms with Gasteiger partial charge in [0.1, 0.15) is 0 Å². The van der Waals surface area contributed by atoms with E-state index < -0.39 is 12.1 Å². The van der Waals surface area contributed by atoms with Crippen LogP contribution in [-0.4, -0.2) is 34.9 Å². The SMILES string of the molecule is CC/C=C\C/C=C\C/C=C\C/C=C\C/C=C\C/C=C\C/C=C\CCCCCCCC(=O)NC(CO)C(O)/C=C/CC/C=C/CCCCCCCCCCCCCCCCCCCCCCCC. The third-order valence-corrected chi connectivity index (χ3v) is 12.5. The number of hydrogen-bond acceptors (Lipinski definition) is 3. The topological polar surface area (TPSA) is 69.6 Å². The third kappa shape index (κ3) is 53.9. The van der Waals surface area contributed by atoms with E-state index in [4.69, 9.17) is 0 Å². The summed E-state index contributed by atoms with van der Waals surface area (Å²) in [6.07, 6.45) is 86.8. The summed E-state index contributed by atoms with van der Waals surface area (Å²) in [6.45, 7) is 4.19. The van der Waals surface area contributed by atoms with Crippen molar-refractivity contribution in [2.45, 2.75) is 276 Å². The fraction of sp³-hybridized carbons (Fsp3) is 0.698. The van der Waals surface area contributed by atoms with Crippen molar-refractivity contribution in [3.05, 3.63) is 109 Å². The van der Waals surface area contributed by atoms with Gasteiger partial charge >= 0.3 is 0 Å². The summed E-state index contributed by atoms with van der Waals surface area (Å²) in [6, 6.07) is -0.659. The van der Waals surface area contributed by atoms with E-state index >= 15 is 0 Å². The predicted molar refractivity (Wildman–Crippen MR) is 299 cm³/mol. The van der Waals surface area contributed by atoms with Crippen LogP contribution >= 0.6 is 0 Å². The first-order valence-corrected chi connectivity index (χ1v) is 28.6. The van der Waals surface area contributed by atoms with E-state index in [1.54, 1.807) is 6.08 Å². The Morgan fingerprint density at radius 1 is 0.373 bits per heavy atom. The molecule has 0 aliphatic carbocycles. The Kier molecular flexibility index (Phi) is 54.8. The van der Waals surface area contributed by atoms with E-state index in [1.807, 2.05) is 6.08 Å². The van der Waals surface area contributed by atoms with Gasteiger partial charge in [-0.3, -0.25) is 4.79 Å². The lowest BCUT2D eigenvalue weighted by molar-refractivity contribution is -0.123. The average Bonchev–Trinajstić information content (AvgIpc) is 3.33. The van der Waals surface area contributed by atoms with E-state index in [0.717, 1.165) is 89.9 Å². The molecule has 4 heteroatoms. The molecule has 0 rings (SSSR count). The normalized spacial score (nSPS) is 13.7. The average molecular weight is 929 g/mol. The molecular weight excluding hydrogens is 819 g/mol. The highest BCUT2D eigenvalue weighted by Crippen LogP contribution is 2.16. The van der Waals surface area contributed by atoms with Gasteiger partial charge in [-0.05, 0) is 89.9 Å². The highest BCUT2D eigenvalue weighted by atomic mass is 16.3. The van der Waals surface area contributed by atoms with Gasteiger partial charge in [-0.2, -0.15) is 0 Å². The Labute approximate surface area is 416 Å². The molecule has 2 unspecified atom stereocenters. The van der Waals surface area contributed by atoms with Crippen molar-refractivity contribution in [1.29, 1.82) is 0 Å². The Balaban J connectivity index is 3.63. The van der Waals surface area contributed by atoms with Crippen molar-refractivity contribution in [3.8, 4) is 0 Å². The zero-order valence-electron chi connectivity index (χ0n) is 44.1. The fourth-order valence-corrected chi connectivity index (χ4v) is 8.18. The van der Waals surface area contributed by atoms with Crippen molar-refractivity contribution >= 4 is 5.91 Å². The standard InChI is InChI=1S/C63H109NO3/c1-3-5-7-9-11-13-15-17-19-21-23-25-27-29-31-33-34-36-38-40-42-44-46-48-50-52-54-56-58-62(66)61(60-65)64-63(67)59-57-55-53-51-49-47-45-43-41-39-37-35-32-30-28-26-24-22-20-18-16-14-12-10-8-6-4-2/h6,8,12,14,18,20,24,26,30,32,37,39,43,45,48,50,56,58,61-62,65-66H,3-5,7,9-11,13,15-17,19,21-23,25,27-29,31,33-36,38,40-42,44,46-47,49,51-55,57,59-60H2,1-2H3,(H,64,67)/b8-6-,14-12-,20-18-,26-24-,32-30-,39-37-,45-43-,50-48+,58-56+. The molecule has 384 valence electrons. The Bertz CT molecular complexity index is 1280. The van der Waals surface area contributed by atoms with Crippen LogP contribution in [0.1, 0.15) is 264 Å². The van der Waals surface area contributed by atoms with Gasteiger partial charge in [0.2, 0.25) is 5.91 Å². The van der Waals surface area contributed by atoms with E-state index in [0.29, 0.717) is 6.42 Å². The first kappa shape index (κ1) is 64.0. The third-order valence-electron chi connectivity index (χ3n) is 12.5. The molecule has 2 atom stereocenters. The quantitative estimate of drug-likeness (QED) is 0.0420. The van der Waals surface area contributed by atoms with Crippen LogP contribution in [-0.2, 0) is 4.79 Å². The number of carbonyl (C=O) groups excluding carboxylic acids is 1. The summed E-state index contributed by atoms with van der Waals surface area (Å²) in [5.74, 6) is -0.0952. The maximum Gasteiger partial charge on any atom is 0.220 e. The van der Waals surface area contributed by atoms with Gasteiger partial charge < -0.3 is 15.5 Å². The second-order valence-corrected chi connectivity index (χ2v) is 19.0. The van der Waals surface area contributed by atoms with Gasteiger partial charge in [0.05, 0.1) is 18.8 Å². The van der Waals surface area contributed by atoms with Crippen molar-refractivity contribution in [2.24, 2.45) is 0 Å². The van der Waals surface area contributed by atoms with Crippen molar-refractivity contribution < 1.29 is 15.0 Å². The second-order valence-electron chi connectivity index (χ2n) is 19.0. The molecule has 3 N–H and O–H groups in total. The Hall–Kier alpha value is -2.95. The molecule has 0 aliphatic rings. The first-order valence-electron chi connectivity index (χ1n) is 28.6. The van der Waals surface area contributed by atoms with Gasteiger partial charge in [0, 0.05) is 6.42 Å². The van der Waals surface area contributed by atoms with Crippen molar-refractivity contribution in [3.63, 3.8) is 0 Å². The molecule has 0 fully saturated rings. The Morgan fingerprint density at radius 3 is 1.04 bits per heavy atom. The van der Waals surface area contributed by atoms with Crippen LogP contribution in [0.3, 0.4) is 0 Å². The summed E-state index contributed by atoms with van der Waals surface area (Å²) < 4.78 is 0. The number of aliphatic hydroxyl groups excluding tert-OH is 2. The summed E-state index contributed by atoms with van der Waals surface area (Å²) >= 11 is 0. The number of carbonyl (C=O) groups is 1. The Morgan fingerprint density at radius 2 is 0.672 bits per heavy atom. The van der Waals surface area contributed by atoms with Crippen LogP contribution in [0.25, 0.3) is 0 Å². The molecule has 0 saturated carbocycles. The molecule has 0 aromatic carbocycles. The zero-order valence-corrected chi connectivity index (χ0v) is 44.1.